The Balaban J connectivity index is 1.37. The zero-order valence-corrected chi connectivity index (χ0v) is 17.5. The molecule has 0 aliphatic carbocycles. The number of nitrogens with zero attached hydrogens (tertiary/aromatic N) is 4. The highest BCUT2D eigenvalue weighted by Gasteiger charge is 2.27. The molecule has 1 saturated heterocycles. The fourth-order valence-electron chi connectivity index (χ4n) is 4.54. The minimum Gasteiger partial charge on any atom is -0.372 e. The second kappa shape index (κ2) is 7.81. The monoisotopic (exact) mass is 405 g/mol. The molecule has 2 atom stereocenters. The molecule has 156 valence electrons. The van der Waals surface area contributed by atoms with E-state index >= 15 is 0 Å². The lowest BCUT2D eigenvalue weighted by Gasteiger charge is -2.36. The lowest BCUT2D eigenvalue weighted by molar-refractivity contribution is -0.00576. The molecule has 1 aromatic carbocycles. The quantitative estimate of drug-likeness (QED) is 0.722. The van der Waals surface area contributed by atoms with Gasteiger partial charge in [-0.3, -0.25) is 19.7 Å². The van der Waals surface area contributed by atoms with E-state index in [0.29, 0.717) is 18.9 Å². The number of H-pyrrole nitrogens is 1. The van der Waals surface area contributed by atoms with Crippen LogP contribution in [0.2, 0.25) is 0 Å². The number of morpholine rings is 1. The molecule has 4 heterocycles. The summed E-state index contributed by atoms with van der Waals surface area (Å²) in [6.45, 7) is 7.82. The predicted octanol–water partition coefficient (Wildman–Crippen LogP) is 2.49. The number of aromatic amines is 1. The Morgan fingerprint density at radius 1 is 1.10 bits per heavy atom. The van der Waals surface area contributed by atoms with Crippen LogP contribution in [0.15, 0.2) is 41.2 Å². The summed E-state index contributed by atoms with van der Waals surface area (Å²) in [6, 6.07) is 12.4. The average molecular weight is 406 g/mol. The van der Waals surface area contributed by atoms with Crippen LogP contribution in [0.3, 0.4) is 0 Å². The standard InChI is InChI=1S/C23H27N5O2/c1-15-11-28(12-16(2)30-15)23-25-21-14-27(10-9-19(21)22(29)26-23)13-18-8-7-17-5-3-4-6-20(17)24-18/h3-8,15-16H,9-14H2,1-2H3,(H,25,26,29)/t15-,16+. The van der Waals surface area contributed by atoms with E-state index in [9.17, 15) is 4.79 Å². The van der Waals surface area contributed by atoms with Crippen molar-refractivity contribution in [3.63, 3.8) is 0 Å². The van der Waals surface area contributed by atoms with Crippen molar-refractivity contribution in [1.29, 1.82) is 0 Å². The fraction of sp³-hybridized carbons (Fsp3) is 0.435. The van der Waals surface area contributed by atoms with E-state index < -0.39 is 0 Å². The molecular formula is C23H27N5O2. The molecule has 5 rings (SSSR count). The van der Waals surface area contributed by atoms with Crippen LogP contribution < -0.4 is 10.5 Å². The van der Waals surface area contributed by atoms with Crippen molar-refractivity contribution in [2.75, 3.05) is 24.5 Å². The number of hydrogen-bond donors (Lipinski definition) is 1. The van der Waals surface area contributed by atoms with Crippen LogP contribution in [0.4, 0.5) is 5.95 Å². The van der Waals surface area contributed by atoms with Gasteiger partial charge in [-0.25, -0.2) is 4.98 Å². The maximum atomic E-state index is 12.7. The molecule has 7 nitrogen and oxygen atoms in total. The zero-order chi connectivity index (χ0) is 20.7. The van der Waals surface area contributed by atoms with Crippen LogP contribution >= 0.6 is 0 Å². The second-order valence-electron chi connectivity index (χ2n) is 8.43. The molecule has 0 saturated carbocycles. The van der Waals surface area contributed by atoms with Gasteiger partial charge >= 0.3 is 0 Å². The maximum absolute atomic E-state index is 12.7. The molecule has 7 heteroatoms. The first-order valence-corrected chi connectivity index (χ1v) is 10.6. The molecule has 0 radical (unpaired) electrons. The van der Waals surface area contributed by atoms with Gasteiger partial charge in [0.1, 0.15) is 0 Å². The zero-order valence-electron chi connectivity index (χ0n) is 17.5. The number of para-hydroxylation sites is 1. The minimum absolute atomic E-state index is 0.00900. The number of fused-ring (bicyclic) bond motifs is 2. The molecule has 1 N–H and O–H groups in total. The first kappa shape index (κ1) is 19.2. The predicted molar refractivity (Wildman–Crippen MR) is 117 cm³/mol. The Kier molecular flexibility index (Phi) is 5.00. The Labute approximate surface area is 175 Å². The average Bonchev–Trinajstić information content (AvgIpc) is 2.73. The summed E-state index contributed by atoms with van der Waals surface area (Å²) in [5.74, 6) is 0.659. The number of anilines is 1. The Morgan fingerprint density at radius 3 is 2.73 bits per heavy atom. The maximum Gasteiger partial charge on any atom is 0.255 e. The molecule has 0 spiro atoms. The Bertz CT molecular complexity index is 1120. The van der Waals surface area contributed by atoms with Crippen LogP contribution in [0.1, 0.15) is 30.8 Å². The van der Waals surface area contributed by atoms with Gasteiger partial charge in [0.25, 0.3) is 5.56 Å². The first-order valence-electron chi connectivity index (χ1n) is 10.6. The van der Waals surface area contributed by atoms with Crippen molar-refractivity contribution < 1.29 is 4.74 Å². The molecule has 30 heavy (non-hydrogen) atoms. The van der Waals surface area contributed by atoms with E-state index in [-0.39, 0.29) is 17.8 Å². The summed E-state index contributed by atoms with van der Waals surface area (Å²) in [5.41, 5.74) is 3.74. The van der Waals surface area contributed by atoms with E-state index in [4.69, 9.17) is 14.7 Å². The summed E-state index contributed by atoms with van der Waals surface area (Å²) < 4.78 is 5.82. The summed E-state index contributed by atoms with van der Waals surface area (Å²) in [7, 11) is 0. The summed E-state index contributed by atoms with van der Waals surface area (Å²) >= 11 is 0. The largest absolute Gasteiger partial charge is 0.372 e. The van der Waals surface area contributed by atoms with Crippen molar-refractivity contribution in [2.24, 2.45) is 0 Å². The van der Waals surface area contributed by atoms with Gasteiger partial charge in [0.2, 0.25) is 5.95 Å². The Morgan fingerprint density at radius 2 is 1.90 bits per heavy atom. The molecule has 2 aliphatic heterocycles. The number of rotatable bonds is 3. The van der Waals surface area contributed by atoms with Gasteiger partial charge in [-0.05, 0) is 32.4 Å². The molecule has 1 fully saturated rings. The van der Waals surface area contributed by atoms with Crippen LogP contribution in [-0.2, 0) is 24.2 Å². The number of benzene rings is 1. The van der Waals surface area contributed by atoms with E-state index in [1.54, 1.807) is 0 Å². The molecule has 0 amide bonds. The SMILES string of the molecule is C[C@@H]1CN(c2nc3c(c(=O)[nH]2)CCN(Cc2ccc4ccccc4n2)C3)C[C@H](C)O1. The third-order valence-corrected chi connectivity index (χ3v) is 5.90. The van der Waals surface area contributed by atoms with Crippen molar-refractivity contribution in [1.82, 2.24) is 19.9 Å². The molecule has 0 bridgehead atoms. The van der Waals surface area contributed by atoms with Crippen molar-refractivity contribution in [3.05, 3.63) is 63.7 Å². The van der Waals surface area contributed by atoms with Gasteiger partial charge in [0, 0.05) is 43.7 Å². The third kappa shape index (κ3) is 3.82. The van der Waals surface area contributed by atoms with Gasteiger partial charge in [-0.15, -0.1) is 0 Å². The molecular weight excluding hydrogens is 378 g/mol. The molecule has 2 aliphatic rings. The van der Waals surface area contributed by atoms with Crippen molar-refractivity contribution >= 4 is 16.9 Å². The fourth-order valence-corrected chi connectivity index (χ4v) is 4.54. The summed E-state index contributed by atoms with van der Waals surface area (Å²) in [6.07, 6.45) is 0.942. The number of pyridine rings is 1. The molecule has 3 aromatic rings. The highest BCUT2D eigenvalue weighted by Crippen LogP contribution is 2.21. The summed E-state index contributed by atoms with van der Waals surface area (Å²) in [5, 5.41) is 1.15. The topological polar surface area (TPSA) is 74.4 Å². The second-order valence-corrected chi connectivity index (χ2v) is 8.43. The lowest BCUT2D eigenvalue weighted by Crippen LogP contribution is -2.47. The van der Waals surface area contributed by atoms with Crippen LogP contribution in [-0.4, -0.2) is 51.7 Å². The third-order valence-electron chi connectivity index (χ3n) is 5.90. The summed E-state index contributed by atoms with van der Waals surface area (Å²) in [4.78, 5) is 29.8. The highest BCUT2D eigenvalue weighted by atomic mass is 16.5. The van der Waals surface area contributed by atoms with Crippen molar-refractivity contribution in [2.45, 2.75) is 45.6 Å². The lowest BCUT2D eigenvalue weighted by atomic mass is 10.1. The number of nitrogens with one attached hydrogen (secondary N) is 1. The van der Waals surface area contributed by atoms with E-state index in [1.807, 2.05) is 18.2 Å². The number of ether oxygens (including phenoxy) is 1. The van der Waals surface area contributed by atoms with Crippen LogP contribution in [0, 0.1) is 0 Å². The number of hydrogen-bond acceptors (Lipinski definition) is 6. The van der Waals surface area contributed by atoms with Crippen LogP contribution in [0.25, 0.3) is 10.9 Å². The molecule has 2 aromatic heterocycles. The highest BCUT2D eigenvalue weighted by molar-refractivity contribution is 5.78. The molecule has 0 unspecified atom stereocenters. The number of aromatic nitrogens is 3. The van der Waals surface area contributed by atoms with Gasteiger partial charge < -0.3 is 9.64 Å². The van der Waals surface area contributed by atoms with Crippen LogP contribution in [0.5, 0.6) is 0 Å². The van der Waals surface area contributed by atoms with E-state index in [0.717, 1.165) is 54.0 Å². The smallest absolute Gasteiger partial charge is 0.255 e. The van der Waals surface area contributed by atoms with Gasteiger partial charge in [0.05, 0.1) is 29.1 Å². The van der Waals surface area contributed by atoms with Gasteiger partial charge in [-0.1, -0.05) is 24.3 Å². The van der Waals surface area contributed by atoms with Crippen molar-refractivity contribution in [3.8, 4) is 0 Å². The normalized spacial score (nSPS) is 22.3. The Hall–Kier alpha value is -2.77. The minimum atomic E-state index is -0.00900. The van der Waals surface area contributed by atoms with Gasteiger partial charge in [0.15, 0.2) is 0 Å². The van der Waals surface area contributed by atoms with E-state index in [1.165, 1.54) is 0 Å². The van der Waals surface area contributed by atoms with Gasteiger partial charge in [-0.2, -0.15) is 0 Å². The first-order chi connectivity index (χ1) is 14.5. The van der Waals surface area contributed by atoms with E-state index in [2.05, 4.69) is 46.8 Å².